The van der Waals surface area contributed by atoms with E-state index >= 15 is 0 Å². The molecule has 0 spiro atoms. The first-order valence-corrected chi connectivity index (χ1v) is 11.4. The largest absolute Gasteiger partial charge is 0.455 e. The fraction of sp³-hybridized carbons (Fsp3) is 0.269. The molecule has 2 aromatic rings. The molecule has 31 heavy (non-hydrogen) atoms. The number of hydrogen-bond donors (Lipinski definition) is 2. The maximum Gasteiger partial charge on any atom is 0.207 e. The summed E-state index contributed by atoms with van der Waals surface area (Å²) in [5.41, 5.74) is 2.73. The van der Waals surface area contributed by atoms with Crippen LogP contribution in [-0.4, -0.2) is 5.96 Å². The van der Waals surface area contributed by atoms with Gasteiger partial charge in [0, 0.05) is 0 Å². The first-order chi connectivity index (χ1) is 15.0. The van der Waals surface area contributed by atoms with Crippen molar-refractivity contribution in [3.63, 3.8) is 0 Å². The van der Waals surface area contributed by atoms with E-state index in [-0.39, 0.29) is 5.54 Å². The molecule has 162 valence electrons. The molecule has 1 heterocycles. The fourth-order valence-corrected chi connectivity index (χ4v) is 4.05. The van der Waals surface area contributed by atoms with Crippen LogP contribution in [0.2, 0.25) is 0 Å². The topological polar surface area (TPSA) is 45.6 Å². The van der Waals surface area contributed by atoms with E-state index in [1.807, 2.05) is 36.4 Å². The van der Waals surface area contributed by atoms with E-state index in [9.17, 15) is 0 Å². The maximum atomic E-state index is 6.31. The molecule has 0 atom stereocenters. The van der Waals surface area contributed by atoms with Gasteiger partial charge in [-0.05, 0) is 68.0 Å². The number of allylic oxidation sites excluding steroid dienone is 3. The molecule has 0 unspecified atom stereocenters. The molecule has 0 saturated heterocycles. The van der Waals surface area contributed by atoms with Gasteiger partial charge in [0.15, 0.2) is 5.75 Å². The number of benzene rings is 2. The van der Waals surface area contributed by atoms with Crippen LogP contribution in [0.4, 0.5) is 5.69 Å². The van der Waals surface area contributed by atoms with Gasteiger partial charge in [-0.1, -0.05) is 69.0 Å². The molecular weight excluding hydrogens is 402 g/mol. The van der Waals surface area contributed by atoms with Gasteiger partial charge in [-0.25, -0.2) is 4.99 Å². The molecule has 0 fully saturated rings. The summed E-state index contributed by atoms with van der Waals surface area (Å²) in [6, 6.07) is 16.3. The van der Waals surface area contributed by atoms with Crippen LogP contribution in [0.3, 0.4) is 0 Å². The number of nitrogens with zero attached hydrogens (tertiary/aromatic N) is 1. The molecule has 2 aromatic carbocycles. The van der Waals surface area contributed by atoms with Gasteiger partial charge in [0.05, 0.1) is 16.1 Å². The van der Waals surface area contributed by atoms with Crippen molar-refractivity contribution in [2.24, 2.45) is 4.99 Å². The van der Waals surface area contributed by atoms with E-state index in [2.05, 4.69) is 62.2 Å². The minimum absolute atomic E-state index is 0.382. The van der Waals surface area contributed by atoms with Crippen molar-refractivity contribution in [1.29, 1.82) is 0 Å². The first kappa shape index (κ1) is 22.8. The number of rotatable bonds is 9. The van der Waals surface area contributed by atoms with Crippen molar-refractivity contribution in [2.75, 3.05) is 5.32 Å². The molecule has 2 N–H and O–H groups in total. The number of nitrogens with one attached hydrogen (secondary N) is 2. The van der Waals surface area contributed by atoms with Crippen LogP contribution in [0.1, 0.15) is 45.6 Å². The Bertz CT molecular complexity index is 993. The maximum absolute atomic E-state index is 6.31. The standard InChI is InChI=1S/C26H31N3OS/c1-6-9-14-19(7-2)21(8-3)30-22-17-13-18-23-24(22)27-25(29-31-23)28-26(4,5)20-15-11-10-12-16-20/h7-8,10-13,15-18H,2-3,6,9,14H2,1,4-5H3,(H2,27,28,29)/b21-19-. The van der Waals surface area contributed by atoms with Crippen molar-refractivity contribution in [3.05, 3.63) is 90.7 Å². The lowest BCUT2D eigenvalue weighted by Crippen LogP contribution is -2.32. The van der Waals surface area contributed by atoms with Crippen LogP contribution in [-0.2, 0) is 5.54 Å². The lowest BCUT2D eigenvalue weighted by Gasteiger charge is -2.27. The lowest BCUT2D eigenvalue weighted by atomic mass is 9.95. The van der Waals surface area contributed by atoms with Crippen molar-refractivity contribution in [1.82, 2.24) is 4.72 Å². The second-order valence-corrected chi connectivity index (χ2v) is 8.70. The molecule has 5 heteroatoms. The molecule has 0 aromatic heterocycles. The first-order valence-electron chi connectivity index (χ1n) is 10.6. The van der Waals surface area contributed by atoms with Crippen LogP contribution < -0.4 is 14.8 Å². The molecule has 1 aliphatic rings. The molecule has 0 aliphatic carbocycles. The number of aliphatic imine (C=N–C) groups is 1. The number of guanidine groups is 1. The van der Waals surface area contributed by atoms with Gasteiger partial charge in [-0.3, -0.25) is 4.72 Å². The summed E-state index contributed by atoms with van der Waals surface area (Å²) < 4.78 is 9.62. The fourth-order valence-electron chi connectivity index (χ4n) is 3.34. The monoisotopic (exact) mass is 433 g/mol. The number of para-hydroxylation sites is 1. The summed E-state index contributed by atoms with van der Waals surface area (Å²) >= 11 is 1.52. The summed E-state index contributed by atoms with van der Waals surface area (Å²) in [5.74, 6) is 2.18. The Morgan fingerprint density at radius 2 is 1.87 bits per heavy atom. The highest BCUT2D eigenvalue weighted by molar-refractivity contribution is 7.98. The number of unbranched alkanes of at least 4 members (excludes halogenated alkanes) is 1. The minimum Gasteiger partial charge on any atom is -0.455 e. The lowest BCUT2D eigenvalue weighted by molar-refractivity contribution is 0.438. The van der Waals surface area contributed by atoms with Gasteiger partial charge in [-0.2, -0.15) is 0 Å². The van der Waals surface area contributed by atoms with Crippen molar-refractivity contribution < 1.29 is 4.74 Å². The summed E-state index contributed by atoms with van der Waals surface area (Å²) in [4.78, 5) is 5.99. The van der Waals surface area contributed by atoms with Crippen LogP contribution in [0, 0.1) is 0 Å². The third kappa shape index (κ3) is 5.61. The zero-order valence-electron chi connectivity index (χ0n) is 18.6. The van der Waals surface area contributed by atoms with Crippen LogP contribution in [0.15, 0.2) is 95.1 Å². The predicted octanol–water partition coefficient (Wildman–Crippen LogP) is 7.20. The van der Waals surface area contributed by atoms with Gasteiger partial charge in [-0.15, -0.1) is 0 Å². The van der Waals surface area contributed by atoms with Gasteiger partial charge in [0.2, 0.25) is 5.96 Å². The Morgan fingerprint density at radius 3 is 2.55 bits per heavy atom. The highest BCUT2D eigenvalue weighted by Gasteiger charge is 2.24. The van der Waals surface area contributed by atoms with Crippen LogP contribution in [0.5, 0.6) is 5.75 Å². The Morgan fingerprint density at radius 1 is 1.10 bits per heavy atom. The quantitative estimate of drug-likeness (QED) is 0.249. The van der Waals surface area contributed by atoms with E-state index in [4.69, 9.17) is 9.73 Å². The molecule has 3 rings (SSSR count). The molecule has 1 aliphatic heterocycles. The van der Waals surface area contributed by atoms with E-state index in [0.717, 1.165) is 52.5 Å². The van der Waals surface area contributed by atoms with Gasteiger partial charge >= 0.3 is 0 Å². The normalized spacial score (nSPS) is 15.3. The van der Waals surface area contributed by atoms with Crippen molar-refractivity contribution in [3.8, 4) is 5.75 Å². The zero-order chi connectivity index (χ0) is 22.3. The second-order valence-electron chi connectivity index (χ2n) is 7.85. The molecule has 0 saturated carbocycles. The number of fused-ring (bicyclic) bond motifs is 1. The SMILES string of the molecule is C=C/C(CCCC)=C(\C=C)Oc1cccc2c1NC(=NC(C)(C)c1ccccc1)NS2. The number of anilines is 1. The Hall–Kier alpha value is -2.92. The predicted molar refractivity (Wildman–Crippen MR) is 134 cm³/mol. The average Bonchev–Trinajstić information content (AvgIpc) is 2.79. The molecule has 0 amide bonds. The van der Waals surface area contributed by atoms with E-state index in [1.165, 1.54) is 11.9 Å². The third-order valence-corrected chi connectivity index (χ3v) is 5.98. The molecule has 0 bridgehead atoms. The second kappa shape index (κ2) is 10.4. The van der Waals surface area contributed by atoms with E-state index in [1.54, 1.807) is 6.08 Å². The molecule has 4 nitrogen and oxygen atoms in total. The van der Waals surface area contributed by atoms with Gasteiger partial charge in [0.25, 0.3) is 0 Å². The summed E-state index contributed by atoms with van der Waals surface area (Å²) in [6.45, 7) is 14.3. The molecular formula is C26H31N3OS. The van der Waals surface area contributed by atoms with E-state index in [0.29, 0.717) is 5.96 Å². The average molecular weight is 434 g/mol. The highest BCUT2D eigenvalue weighted by atomic mass is 32.2. The van der Waals surface area contributed by atoms with Crippen LogP contribution in [0.25, 0.3) is 0 Å². The number of hydrogen-bond acceptors (Lipinski definition) is 3. The smallest absolute Gasteiger partial charge is 0.207 e. The summed E-state index contributed by atoms with van der Waals surface area (Å²) in [7, 11) is 0. The summed E-state index contributed by atoms with van der Waals surface area (Å²) in [5, 5.41) is 3.43. The molecule has 0 radical (unpaired) electrons. The Balaban J connectivity index is 1.90. The summed E-state index contributed by atoms with van der Waals surface area (Å²) in [6.07, 6.45) is 6.73. The highest BCUT2D eigenvalue weighted by Crippen LogP contribution is 2.39. The van der Waals surface area contributed by atoms with Gasteiger partial charge < -0.3 is 10.1 Å². The van der Waals surface area contributed by atoms with Crippen molar-refractivity contribution >= 4 is 23.6 Å². The minimum atomic E-state index is -0.382. The van der Waals surface area contributed by atoms with Crippen LogP contribution >= 0.6 is 11.9 Å². The Labute approximate surface area is 190 Å². The van der Waals surface area contributed by atoms with Crippen molar-refractivity contribution in [2.45, 2.75) is 50.5 Å². The third-order valence-electron chi connectivity index (χ3n) is 5.13. The van der Waals surface area contributed by atoms with Gasteiger partial charge in [0.1, 0.15) is 5.76 Å². The van der Waals surface area contributed by atoms with E-state index < -0.39 is 0 Å². The zero-order valence-corrected chi connectivity index (χ0v) is 19.4. The Kier molecular flexibility index (Phi) is 7.64. The number of ether oxygens (including phenoxy) is 1.